The molecule has 0 saturated heterocycles. The Morgan fingerprint density at radius 1 is 1.56 bits per heavy atom. The van der Waals surface area contributed by atoms with E-state index < -0.39 is 0 Å². The third-order valence-electron chi connectivity index (χ3n) is 3.52. The number of nitrogens with one attached hydrogen (secondary N) is 1. The van der Waals surface area contributed by atoms with E-state index in [1.165, 1.54) is 6.42 Å². The Hall–Kier alpha value is -1.01. The van der Waals surface area contributed by atoms with Crippen molar-refractivity contribution in [2.45, 2.75) is 44.4 Å². The highest BCUT2D eigenvalue weighted by molar-refractivity contribution is 4.95. The molecule has 0 aliphatic heterocycles. The van der Waals surface area contributed by atoms with Crippen LogP contribution in [0, 0.1) is 0 Å². The predicted octanol–water partition coefficient (Wildman–Crippen LogP) is 0.523. The maximum Gasteiger partial charge on any atom is 0.168 e. The van der Waals surface area contributed by atoms with Crippen molar-refractivity contribution in [1.82, 2.24) is 25.5 Å². The Labute approximate surface area is 95.4 Å². The summed E-state index contributed by atoms with van der Waals surface area (Å²) in [5.41, 5.74) is -0.0441. The van der Waals surface area contributed by atoms with Crippen molar-refractivity contribution >= 4 is 0 Å². The fourth-order valence-corrected chi connectivity index (χ4v) is 2.03. The van der Waals surface area contributed by atoms with Crippen molar-refractivity contribution in [3.8, 4) is 0 Å². The number of rotatable bonds is 5. The molecule has 1 aromatic rings. The molecule has 1 heterocycles. The van der Waals surface area contributed by atoms with Gasteiger partial charge < -0.3 is 10.1 Å². The maximum atomic E-state index is 5.58. The molecule has 16 heavy (non-hydrogen) atoms. The van der Waals surface area contributed by atoms with E-state index >= 15 is 0 Å². The first-order chi connectivity index (χ1) is 7.71. The van der Waals surface area contributed by atoms with Crippen LogP contribution in [0.4, 0.5) is 0 Å². The number of nitrogens with zero attached hydrogens (tertiary/aromatic N) is 4. The summed E-state index contributed by atoms with van der Waals surface area (Å²) in [7, 11) is 3.67. The van der Waals surface area contributed by atoms with Crippen molar-refractivity contribution in [2.75, 3.05) is 14.2 Å². The number of tetrazole rings is 1. The molecule has 1 aliphatic carbocycles. The summed E-state index contributed by atoms with van der Waals surface area (Å²) in [5, 5.41) is 15.0. The average molecular weight is 225 g/mol. The lowest BCUT2D eigenvalue weighted by Gasteiger charge is -2.40. The molecule has 1 N–H and O–H groups in total. The van der Waals surface area contributed by atoms with Gasteiger partial charge in [0.2, 0.25) is 0 Å². The second kappa shape index (κ2) is 4.47. The van der Waals surface area contributed by atoms with Gasteiger partial charge in [0.15, 0.2) is 5.82 Å². The Morgan fingerprint density at radius 2 is 2.31 bits per heavy atom. The van der Waals surface area contributed by atoms with Gasteiger partial charge in [-0.25, -0.2) is 4.68 Å². The molecule has 0 aromatic carbocycles. The van der Waals surface area contributed by atoms with Crippen molar-refractivity contribution in [3.05, 3.63) is 5.82 Å². The number of methoxy groups -OCH3 is 1. The van der Waals surface area contributed by atoms with Gasteiger partial charge in [0.1, 0.15) is 0 Å². The zero-order valence-electron chi connectivity index (χ0n) is 10.1. The first-order valence-corrected chi connectivity index (χ1v) is 5.69. The van der Waals surface area contributed by atoms with Crippen LogP contribution in [0.3, 0.4) is 0 Å². The van der Waals surface area contributed by atoms with E-state index in [1.807, 2.05) is 18.7 Å². The number of hydrogen-bond acceptors (Lipinski definition) is 5. The van der Waals surface area contributed by atoms with Gasteiger partial charge in [0, 0.05) is 7.11 Å². The van der Waals surface area contributed by atoms with Crippen LogP contribution in [0.5, 0.6) is 0 Å². The van der Waals surface area contributed by atoms with E-state index in [1.54, 1.807) is 7.11 Å². The molecule has 90 valence electrons. The van der Waals surface area contributed by atoms with Crippen molar-refractivity contribution in [1.29, 1.82) is 0 Å². The minimum Gasteiger partial charge on any atom is -0.376 e. The molecular weight excluding hydrogens is 206 g/mol. The predicted molar refractivity (Wildman–Crippen MR) is 58.9 cm³/mol. The highest BCUT2D eigenvalue weighted by Crippen LogP contribution is 2.36. The van der Waals surface area contributed by atoms with Gasteiger partial charge in [-0.1, -0.05) is 0 Å². The highest BCUT2D eigenvalue weighted by atomic mass is 16.5. The smallest absolute Gasteiger partial charge is 0.168 e. The second-order valence-corrected chi connectivity index (χ2v) is 4.45. The molecule has 1 unspecified atom stereocenters. The van der Waals surface area contributed by atoms with Crippen LogP contribution in [0.2, 0.25) is 0 Å². The Balaban J connectivity index is 2.12. The molecule has 1 saturated carbocycles. The summed E-state index contributed by atoms with van der Waals surface area (Å²) in [5.74, 6) is 0.867. The van der Waals surface area contributed by atoms with Crippen molar-refractivity contribution < 1.29 is 4.74 Å². The number of aromatic nitrogens is 4. The number of ether oxygens (including phenoxy) is 1. The lowest BCUT2D eigenvalue weighted by Crippen LogP contribution is -2.44. The molecule has 6 nitrogen and oxygen atoms in total. The molecule has 1 fully saturated rings. The van der Waals surface area contributed by atoms with Gasteiger partial charge in [0.25, 0.3) is 0 Å². The monoisotopic (exact) mass is 225 g/mol. The normalized spacial score (nSPS) is 20.4. The van der Waals surface area contributed by atoms with Gasteiger partial charge in [-0.15, -0.1) is 5.10 Å². The average Bonchev–Trinajstić information content (AvgIpc) is 2.70. The van der Waals surface area contributed by atoms with Crippen LogP contribution < -0.4 is 5.32 Å². The molecule has 1 atom stereocenters. The van der Waals surface area contributed by atoms with Gasteiger partial charge in [0.05, 0.1) is 18.2 Å². The molecule has 0 radical (unpaired) electrons. The Kier molecular flexibility index (Phi) is 3.20. The third kappa shape index (κ3) is 1.94. The quantitative estimate of drug-likeness (QED) is 0.791. The standard InChI is InChI=1S/C10H19N5O/c1-8(11-2)9-12-13-14-15(9)7-10(16-3)5-4-6-10/h8,11H,4-7H2,1-3H3. The van der Waals surface area contributed by atoms with Crippen molar-refractivity contribution in [2.24, 2.45) is 0 Å². The van der Waals surface area contributed by atoms with Crippen molar-refractivity contribution in [3.63, 3.8) is 0 Å². The van der Waals surface area contributed by atoms with E-state index in [4.69, 9.17) is 4.74 Å². The number of hydrogen-bond donors (Lipinski definition) is 1. The molecule has 0 amide bonds. The fourth-order valence-electron chi connectivity index (χ4n) is 2.03. The summed E-state index contributed by atoms with van der Waals surface area (Å²) < 4.78 is 7.43. The van der Waals surface area contributed by atoms with Crippen LogP contribution in [0.25, 0.3) is 0 Å². The van der Waals surface area contributed by atoms with E-state index in [9.17, 15) is 0 Å². The SMILES string of the molecule is CNC(C)c1nnnn1CC1(OC)CCC1. The zero-order chi connectivity index (χ0) is 11.6. The summed E-state index contributed by atoms with van der Waals surface area (Å²) in [4.78, 5) is 0. The highest BCUT2D eigenvalue weighted by Gasteiger charge is 2.38. The summed E-state index contributed by atoms with van der Waals surface area (Å²) in [6.45, 7) is 2.79. The molecule has 0 bridgehead atoms. The van der Waals surface area contributed by atoms with Gasteiger partial charge in [-0.2, -0.15) is 0 Å². The molecule has 1 aromatic heterocycles. The van der Waals surface area contributed by atoms with Crippen LogP contribution in [0.1, 0.15) is 38.1 Å². The Morgan fingerprint density at radius 3 is 2.81 bits per heavy atom. The molecule has 1 aliphatic rings. The lowest BCUT2D eigenvalue weighted by atomic mass is 9.80. The Bertz CT molecular complexity index is 341. The van der Waals surface area contributed by atoms with Crippen LogP contribution in [0.15, 0.2) is 0 Å². The van der Waals surface area contributed by atoms with Gasteiger partial charge in [-0.05, 0) is 43.7 Å². The van der Waals surface area contributed by atoms with Crippen LogP contribution in [-0.4, -0.2) is 40.0 Å². The van der Waals surface area contributed by atoms with E-state index in [-0.39, 0.29) is 11.6 Å². The molecule has 6 heteroatoms. The van der Waals surface area contributed by atoms with E-state index in [2.05, 4.69) is 20.8 Å². The summed E-state index contributed by atoms with van der Waals surface area (Å²) >= 11 is 0. The van der Waals surface area contributed by atoms with Crippen LogP contribution in [-0.2, 0) is 11.3 Å². The molecular formula is C10H19N5O. The minimum atomic E-state index is -0.0441. The second-order valence-electron chi connectivity index (χ2n) is 4.45. The third-order valence-corrected chi connectivity index (χ3v) is 3.52. The van der Waals surface area contributed by atoms with Gasteiger partial charge in [-0.3, -0.25) is 0 Å². The lowest BCUT2D eigenvalue weighted by molar-refractivity contribution is -0.0864. The van der Waals surface area contributed by atoms with E-state index in [0.29, 0.717) is 0 Å². The largest absolute Gasteiger partial charge is 0.376 e. The summed E-state index contributed by atoms with van der Waals surface area (Å²) in [6, 6.07) is 0.156. The van der Waals surface area contributed by atoms with Crippen LogP contribution >= 0.6 is 0 Å². The minimum absolute atomic E-state index is 0.0441. The fraction of sp³-hybridized carbons (Fsp3) is 0.900. The first-order valence-electron chi connectivity index (χ1n) is 5.69. The van der Waals surface area contributed by atoms with Gasteiger partial charge >= 0.3 is 0 Å². The zero-order valence-corrected chi connectivity index (χ0v) is 10.1. The molecule has 0 spiro atoms. The molecule has 2 rings (SSSR count). The topological polar surface area (TPSA) is 64.9 Å². The van der Waals surface area contributed by atoms with E-state index in [0.717, 1.165) is 25.2 Å². The maximum absolute atomic E-state index is 5.58. The summed E-state index contributed by atoms with van der Waals surface area (Å²) in [6.07, 6.45) is 3.42. The first kappa shape index (κ1) is 11.5.